The lowest BCUT2D eigenvalue weighted by Gasteiger charge is -2.64. The Morgan fingerprint density at radius 3 is 2.48 bits per heavy atom. The molecule has 11 atom stereocenters. The normalized spacial score (nSPS) is 50.4. The Bertz CT molecular complexity index is 866. The molecule has 0 spiro atoms. The molecular formula is C25H40N2O4. The number of fused-ring (bicyclic) bond motifs is 5. The molecule has 0 aromatic carbocycles. The van der Waals surface area contributed by atoms with Crippen LogP contribution in [0.15, 0.2) is 9.32 Å². The Morgan fingerprint density at radius 1 is 1.10 bits per heavy atom. The van der Waals surface area contributed by atoms with Crippen molar-refractivity contribution in [3.63, 3.8) is 0 Å². The maximum atomic E-state index is 11.8. The van der Waals surface area contributed by atoms with Gasteiger partial charge in [0.05, 0.1) is 12.2 Å². The molecular weight excluding hydrogens is 392 g/mol. The van der Waals surface area contributed by atoms with Crippen molar-refractivity contribution in [2.24, 2.45) is 46.3 Å². The number of aromatic amines is 1. The predicted molar refractivity (Wildman–Crippen MR) is 117 cm³/mol. The first kappa shape index (κ1) is 21.7. The van der Waals surface area contributed by atoms with E-state index in [4.69, 9.17) is 4.52 Å². The van der Waals surface area contributed by atoms with Crippen molar-refractivity contribution in [1.29, 1.82) is 0 Å². The van der Waals surface area contributed by atoms with E-state index < -0.39 is 5.76 Å². The third kappa shape index (κ3) is 3.03. The summed E-state index contributed by atoms with van der Waals surface area (Å²) >= 11 is 0. The summed E-state index contributed by atoms with van der Waals surface area (Å²) in [5.74, 6) is 2.81. The van der Waals surface area contributed by atoms with Gasteiger partial charge in [-0.05, 0) is 91.3 Å². The summed E-state index contributed by atoms with van der Waals surface area (Å²) in [6.07, 6.45) is 7.95. The van der Waals surface area contributed by atoms with Crippen LogP contribution in [0.3, 0.4) is 0 Å². The van der Waals surface area contributed by atoms with Gasteiger partial charge in [0.25, 0.3) is 0 Å². The van der Waals surface area contributed by atoms with Gasteiger partial charge in [-0.25, -0.2) is 9.95 Å². The summed E-state index contributed by atoms with van der Waals surface area (Å²) in [6.45, 7) is 9.31. The van der Waals surface area contributed by atoms with Crippen LogP contribution >= 0.6 is 0 Å². The highest BCUT2D eigenvalue weighted by Gasteiger charge is 2.65. The number of hydrogen-bond acceptors (Lipinski definition) is 5. The number of aliphatic hydroxyl groups is 2. The van der Waals surface area contributed by atoms with E-state index in [0.717, 1.165) is 44.9 Å². The number of H-pyrrole nitrogens is 1. The average Bonchev–Trinajstić information content (AvgIpc) is 3.32. The highest BCUT2D eigenvalue weighted by atomic mass is 16.5. The molecule has 0 amide bonds. The van der Waals surface area contributed by atoms with Crippen molar-refractivity contribution < 1.29 is 14.7 Å². The van der Waals surface area contributed by atoms with Gasteiger partial charge in [-0.2, -0.15) is 4.98 Å². The molecule has 3 N–H and O–H groups in total. The second kappa shape index (κ2) is 7.44. The van der Waals surface area contributed by atoms with E-state index in [1.165, 1.54) is 6.42 Å². The lowest BCUT2D eigenvalue weighted by Crippen LogP contribution is -2.62. The number of nitrogens with one attached hydrogen (secondary N) is 1. The standard InChI is InChI=1S/C25H40N2O4/c1-5-15-19-12-14(28)8-10-25(19,4)18-9-11-24(3)16(6-7-17(24)20(18)21(15)29)13(2)22-26-23(30)31-27-22/h13-21,28-29H,5-12H2,1-4H3,(H,26,27,30)/t13-,14+,15+,16+,17?,18?,19-,20?,21+,24+,25+/m0/s1. The second-order valence-corrected chi connectivity index (χ2v) is 11.9. The molecule has 4 saturated carbocycles. The summed E-state index contributed by atoms with van der Waals surface area (Å²) in [5.41, 5.74) is 0.374. The first-order chi connectivity index (χ1) is 14.7. The molecule has 4 fully saturated rings. The zero-order valence-corrected chi connectivity index (χ0v) is 19.5. The molecule has 5 rings (SSSR count). The van der Waals surface area contributed by atoms with Crippen LogP contribution in [0.2, 0.25) is 0 Å². The van der Waals surface area contributed by atoms with Gasteiger partial charge < -0.3 is 14.7 Å². The molecule has 0 bridgehead atoms. The van der Waals surface area contributed by atoms with Gasteiger partial charge in [-0.3, -0.25) is 0 Å². The number of aromatic nitrogens is 2. The maximum absolute atomic E-state index is 11.8. The van der Waals surface area contributed by atoms with E-state index in [2.05, 4.69) is 37.8 Å². The minimum Gasteiger partial charge on any atom is -0.393 e. The molecule has 4 aliphatic rings. The molecule has 1 aromatic rings. The van der Waals surface area contributed by atoms with E-state index >= 15 is 0 Å². The van der Waals surface area contributed by atoms with Crippen LogP contribution in [-0.4, -0.2) is 32.6 Å². The molecule has 1 aromatic heterocycles. The van der Waals surface area contributed by atoms with Gasteiger partial charge in [0.15, 0.2) is 0 Å². The lowest BCUT2D eigenvalue weighted by atomic mass is 9.41. The van der Waals surface area contributed by atoms with Gasteiger partial charge in [-0.15, -0.1) is 0 Å². The first-order valence-corrected chi connectivity index (χ1v) is 12.6. The monoisotopic (exact) mass is 432 g/mol. The van der Waals surface area contributed by atoms with Gasteiger partial charge in [-0.1, -0.05) is 34.1 Å². The minimum atomic E-state index is -0.544. The van der Waals surface area contributed by atoms with E-state index in [0.29, 0.717) is 35.4 Å². The SMILES string of the molecule is CC[C@H]1[C@@H](O)C2C3CC[C@H]([C@H](C)c4nc(=O)o[nH]4)[C@@]3(C)CCC2[C@@]2(C)CC[C@@H](O)C[C@@H]12. The van der Waals surface area contributed by atoms with Gasteiger partial charge in [0.2, 0.25) is 0 Å². The smallest absolute Gasteiger partial charge is 0.393 e. The second-order valence-electron chi connectivity index (χ2n) is 11.9. The lowest BCUT2D eigenvalue weighted by molar-refractivity contribution is -0.202. The zero-order valence-electron chi connectivity index (χ0n) is 19.5. The van der Waals surface area contributed by atoms with E-state index in [9.17, 15) is 15.0 Å². The number of nitrogens with zero attached hydrogens (tertiary/aromatic N) is 1. The van der Waals surface area contributed by atoms with Crippen LogP contribution in [0.1, 0.15) is 90.8 Å². The summed E-state index contributed by atoms with van der Waals surface area (Å²) in [5, 5.41) is 24.9. The fourth-order valence-corrected chi connectivity index (χ4v) is 9.44. The van der Waals surface area contributed by atoms with Crippen LogP contribution in [-0.2, 0) is 0 Å². The number of aliphatic hydroxyl groups excluding tert-OH is 2. The first-order valence-electron chi connectivity index (χ1n) is 12.6. The highest BCUT2D eigenvalue weighted by molar-refractivity contribution is 5.15. The van der Waals surface area contributed by atoms with Crippen molar-refractivity contribution in [2.45, 2.75) is 97.2 Å². The van der Waals surface area contributed by atoms with Gasteiger partial charge >= 0.3 is 5.76 Å². The Balaban J connectivity index is 1.48. The quantitative estimate of drug-likeness (QED) is 0.668. The Hall–Kier alpha value is -1.14. The van der Waals surface area contributed by atoms with Crippen LogP contribution in [0, 0.1) is 46.3 Å². The third-order valence-electron chi connectivity index (χ3n) is 11.0. The number of rotatable bonds is 3. The molecule has 3 unspecified atom stereocenters. The van der Waals surface area contributed by atoms with Crippen molar-refractivity contribution >= 4 is 0 Å². The number of hydrogen-bond donors (Lipinski definition) is 3. The average molecular weight is 433 g/mol. The molecule has 0 saturated heterocycles. The van der Waals surface area contributed by atoms with Gasteiger partial charge in [0, 0.05) is 5.92 Å². The molecule has 6 heteroatoms. The predicted octanol–water partition coefficient (Wildman–Crippen LogP) is 4.09. The molecule has 6 nitrogen and oxygen atoms in total. The largest absolute Gasteiger partial charge is 0.459 e. The van der Waals surface area contributed by atoms with Crippen molar-refractivity contribution in [1.82, 2.24) is 10.1 Å². The molecule has 4 aliphatic carbocycles. The van der Waals surface area contributed by atoms with Crippen molar-refractivity contribution in [2.75, 3.05) is 0 Å². The van der Waals surface area contributed by atoms with E-state index in [1.54, 1.807) is 0 Å². The third-order valence-corrected chi connectivity index (χ3v) is 11.0. The summed E-state index contributed by atoms with van der Waals surface area (Å²) in [7, 11) is 0. The molecule has 0 aliphatic heterocycles. The summed E-state index contributed by atoms with van der Waals surface area (Å²) in [6, 6.07) is 0. The van der Waals surface area contributed by atoms with E-state index in [-0.39, 0.29) is 34.9 Å². The molecule has 1 heterocycles. The fraction of sp³-hybridized carbons (Fsp3) is 0.920. The highest BCUT2D eigenvalue weighted by Crippen LogP contribution is 2.69. The Kier molecular flexibility index (Phi) is 5.21. The van der Waals surface area contributed by atoms with Crippen LogP contribution in [0.5, 0.6) is 0 Å². The maximum Gasteiger partial charge on any atom is 0.459 e. The summed E-state index contributed by atoms with van der Waals surface area (Å²) in [4.78, 5) is 15.6. The van der Waals surface area contributed by atoms with Crippen molar-refractivity contribution in [3.05, 3.63) is 16.4 Å². The van der Waals surface area contributed by atoms with E-state index in [1.807, 2.05) is 0 Å². The Morgan fingerprint density at radius 2 is 1.81 bits per heavy atom. The van der Waals surface area contributed by atoms with Crippen LogP contribution in [0.4, 0.5) is 0 Å². The topological polar surface area (TPSA) is 99.4 Å². The zero-order chi connectivity index (χ0) is 22.1. The van der Waals surface area contributed by atoms with Crippen LogP contribution in [0.25, 0.3) is 0 Å². The van der Waals surface area contributed by atoms with Crippen LogP contribution < -0.4 is 5.76 Å². The van der Waals surface area contributed by atoms with Gasteiger partial charge in [0.1, 0.15) is 5.82 Å². The molecule has 31 heavy (non-hydrogen) atoms. The molecule has 174 valence electrons. The van der Waals surface area contributed by atoms with Crippen molar-refractivity contribution in [3.8, 4) is 0 Å². The fourth-order valence-electron chi connectivity index (χ4n) is 9.44. The Labute approximate surface area is 185 Å². The minimum absolute atomic E-state index is 0.146. The summed E-state index contributed by atoms with van der Waals surface area (Å²) < 4.78 is 4.87. The molecule has 0 radical (unpaired) electrons.